The van der Waals surface area contributed by atoms with Crippen molar-refractivity contribution < 1.29 is 9.59 Å². The molecule has 0 bridgehead atoms. The Bertz CT molecular complexity index is 1220. The lowest BCUT2D eigenvalue weighted by Gasteiger charge is -2.54. The van der Waals surface area contributed by atoms with Gasteiger partial charge in [-0.05, 0) is 117 Å². The summed E-state index contributed by atoms with van der Waals surface area (Å²) < 4.78 is 0. The van der Waals surface area contributed by atoms with E-state index in [9.17, 15) is 9.59 Å². The highest BCUT2D eigenvalue weighted by atomic mass is 16.1. The minimum atomic E-state index is -0.547. The Kier molecular flexibility index (Phi) is 5.78. The van der Waals surface area contributed by atoms with Crippen LogP contribution in [0.25, 0.3) is 0 Å². The molecule has 4 aliphatic carbocycles. The first-order valence-electron chi connectivity index (χ1n) is 14.1. The van der Waals surface area contributed by atoms with Gasteiger partial charge in [0.2, 0.25) is 0 Å². The minimum Gasteiger partial charge on any atom is -0.372 e. The quantitative estimate of drug-likeness (QED) is 0.446. The highest BCUT2D eigenvalue weighted by Gasteiger charge is 2.64. The minimum absolute atomic E-state index is 0.138. The number of hydrogen-bond acceptors (Lipinski definition) is 3. The van der Waals surface area contributed by atoms with Crippen LogP contribution in [0.4, 0.5) is 5.69 Å². The molecule has 1 aromatic rings. The first-order valence-corrected chi connectivity index (χ1v) is 14.1. The summed E-state index contributed by atoms with van der Waals surface area (Å²) in [5, 5.41) is 0. The smallest absolute Gasteiger partial charge is 0.156 e. The number of fused-ring (bicyclic) bond motifs is 4. The molecule has 0 radical (unpaired) electrons. The molecule has 2 saturated carbocycles. The van der Waals surface area contributed by atoms with Crippen LogP contribution in [-0.2, 0) is 9.59 Å². The number of Topliss-reactive ketones (excluding diaryl/α,β-unsaturated/α-hetero) is 1. The van der Waals surface area contributed by atoms with Crippen LogP contribution >= 0.6 is 0 Å². The molecule has 3 nitrogen and oxygen atoms in total. The van der Waals surface area contributed by atoms with Crippen LogP contribution in [0.5, 0.6) is 0 Å². The van der Waals surface area contributed by atoms with E-state index in [0.29, 0.717) is 18.3 Å². The number of anilines is 1. The van der Waals surface area contributed by atoms with Crippen LogP contribution in [0.3, 0.4) is 0 Å². The number of nitrogens with zero attached hydrogens (tertiary/aromatic N) is 1. The lowest BCUT2D eigenvalue weighted by molar-refractivity contribution is -0.130. The predicted molar refractivity (Wildman–Crippen MR) is 145 cm³/mol. The largest absolute Gasteiger partial charge is 0.372 e. The molecule has 1 heterocycles. The van der Waals surface area contributed by atoms with Gasteiger partial charge in [0.1, 0.15) is 5.78 Å². The van der Waals surface area contributed by atoms with Crippen molar-refractivity contribution in [2.75, 3.05) is 18.0 Å². The summed E-state index contributed by atoms with van der Waals surface area (Å²) >= 11 is 0. The van der Waals surface area contributed by atoms with Crippen molar-refractivity contribution in [2.45, 2.75) is 84.5 Å². The molecule has 3 fully saturated rings. The zero-order valence-electron chi connectivity index (χ0n) is 22.2. The van der Waals surface area contributed by atoms with E-state index in [4.69, 9.17) is 0 Å². The Balaban J connectivity index is 1.49. The van der Waals surface area contributed by atoms with Crippen LogP contribution in [-0.4, -0.2) is 24.7 Å². The van der Waals surface area contributed by atoms with E-state index in [2.05, 4.69) is 47.9 Å². The van der Waals surface area contributed by atoms with E-state index in [1.165, 1.54) is 35.2 Å². The number of rotatable bonds is 3. The van der Waals surface area contributed by atoms with E-state index < -0.39 is 5.41 Å². The number of carbonyl (C=O) groups is 2. The van der Waals surface area contributed by atoms with Crippen molar-refractivity contribution in [3.8, 4) is 11.8 Å². The van der Waals surface area contributed by atoms with Crippen molar-refractivity contribution in [2.24, 2.45) is 22.7 Å². The van der Waals surface area contributed by atoms with Gasteiger partial charge in [-0.1, -0.05) is 30.6 Å². The zero-order valence-corrected chi connectivity index (χ0v) is 22.2. The van der Waals surface area contributed by atoms with Gasteiger partial charge in [-0.25, -0.2) is 0 Å². The van der Waals surface area contributed by atoms with Gasteiger partial charge in [0.25, 0.3) is 0 Å². The monoisotopic (exact) mass is 481 g/mol. The fraction of sp³-hybridized carbons (Fsp3) is 0.576. The fourth-order valence-corrected chi connectivity index (χ4v) is 8.96. The summed E-state index contributed by atoms with van der Waals surface area (Å²) in [5.74, 6) is 8.44. The molecule has 1 aliphatic heterocycles. The Labute approximate surface area is 216 Å². The second-order valence-electron chi connectivity index (χ2n) is 12.2. The highest BCUT2D eigenvalue weighted by molar-refractivity contribution is 5.93. The van der Waals surface area contributed by atoms with Crippen molar-refractivity contribution in [1.82, 2.24) is 0 Å². The summed E-state index contributed by atoms with van der Waals surface area (Å²) in [6.07, 6.45) is 11.0. The lowest BCUT2D eigenvalue weighted by atomic mass is 9.48. The Morgan fingerprint density at radius 1 is 1.06 bits per heavy atom. The standard InChI is InChI=1S/C33H39NO2/c1-4-16-33(22(2)35)17-15-30-28-13-9-24-20-26(36)12-14-27(24)31(28)29(21-32(30,33)3)23-7-10-25(11-8-23)34-18-5-6-19-34/h7-8,10-11,20,28-30H,5-6,9,12-15,17-19,21H2,1-3H3/t28-,29+,30-,32-,33+/m0/s1. The predicted octanol–water partition coefficient (Wildman–Crippen LogP) is 6.79. The van der Waals surface area contributed by atoms with Crippen LogP contribution in [0.1, 0.15) is 90.0 Å². The molecule has 5 aliphatic rings. The zero-order chi connectivity index (χ0) is 25.1. The molecule has 36 heavy (non-hydrogen) atoms. The maximum atomic E-state index is 13.3. The summed E-state index contributed by atoms with van der Waals surface area (Å²) in [7, 11) is 0. The van der Waals surface area contributed by atoms with Crippen LogP contribution in [0.2, 0.25) is 0 Å². The molecule has 0 N–H and O–H groups in total. The van der Waals surface area contributed by atoms with E-state index in [1.54, 1.807) is 12.5 Å². The highest BCUT2D eigenvalue weighted by Crippen LogP contribution is 2.69. The number of benzene rings is 1. The first-order chi connectivity index (χ1) is 17.4. The fourth-order valence-electron chi connectivity index (χ4n) is 8.96. The molecular formula is C33H39NO2. The summed E-state index contributed by atoms with van der Waals surface area (Å²) in [4.78, 5) is 28.1. The van der Waals surface area contributed by atoms with Gasteiger partial charge in [-0.15, -0.1) is 5.92 Å². The molecule has 5 atom stereocenters. The van der Waals surface area contributed by atoms with Gasteiger partial charge < -0.3 is 4.90 Å². The molecule has 0 amide bonds. The van der Waals surface area contributed by atoms with E-state index in [0.717, 1.165) is 51.6 Å². The number of carbonyl (C=O) groups excluding carboxylic acids is 2. The molecule has 3 heteroatoms. The van der Waals surface area contributed by atoms with Gasteiger partial charge in [-0.2, -0.15) is 0 Å². The average Bonchev–Trinajstić information content (AvgIpc) is 3.51. The van der Waals surface area contributed by atoms with E-state index in [1.807, 2.05) is 13.0 Å². The molecule has 6 rings (SSSR count). The number of allylic oxidation sites excluding steroid dienone is 4. The number of ketones is 2. The van der Waals surface area contributed by atoms with Gasteiger partial charge in [0.15, 0.2) is 5.78 Å². The maximum absolute atomic E-state index is 13.3. The second-order valence-corrected chi connectivity index (χ2v) is 12.2. The lowest BCUT2D eigenvalue weighted by Crippen LogP contribution is -2.50. The third-order valence-corrected chi connectivity index (χ3v) is 10.6. The van der Waals surface area contributed by atoms with Gasteiger partial charge in [0, 0.05) is 31.1 Å². The summed E-state index contributed by atoms with van der Waals surface area (Å²) in [6.45, 7) is 8.36. The van der Waals surface area contributed by atoms with Crippen molar-refractivity contribution in [1.29, 1.82) is 0 Å². The SMILES string of the molecule is CC#C[C@]1(C(C)=O)CC[C@H]2[C@@H]3CCC4=CC(=O)CCC4=C3[C@@H](c3ccc(N4CCCC4)cc3)C[C@@]21C. The molecule has 188 valence electrons. The molecular weight excluding hydrogens is 442 g/mol. The summed E-state index contributed by atoms with van der Waals surface area (Å²) in [6, 6.07) is 9.35. The van der Waals surface area contributed by atoms with Crippen LogP contribution < -0.4 is 4.90 Å². The molecule has 0 spiro atoms. The Morgan fingerprint density at radius 2 is 1.81 bits per heavy atom. The van der Waals surface area contributed by atoms with Gasteiger partial charge in [0.05, 0.1) is 5.41 Å². The topological polar surface area (TPSA) is 37.4 Å². The van der Waals surface area contributed by atoms with Gasteiger partial charge in [-0.3, -0.25) is 9.59 Å². The van der Waals surface area contributed by atoms with E-state index in [-0.39, 0.29) is 22.9 Å². The summed E-state index contributed by atoms with van der Waals surface area (Å²) in [5.41, 5.74) is 6.38. The molecule has 1 aromatic carbocycles. The Hall–Kier alpha value is -2.60. The first kappa shape index (κ1) is 23.8. The molecule has 0 unspecified atom stereocenters. The van der Waals surface area contributed by atoms with Crippen molar-refractivity contribution >= 4 is 17.3 Å². The van der Waals surface area contributed by atoms with Gasteiger partial charge >= 0.3 is 0 Å². The Morgan fingerprint density at radius 3 is 2.50 bits per heavy atom. The normalized spacial score (nSPS) is 35.4. The van der Waals surface area contributed by atoms with Crippen molar-refractivity contribution in [3.63, 3.8) is 0 Å². The van der Waals surface area contributed by atoms with Crippen molar-refractivity contribution in [3.05, 3.63) is 52.6 Å². The molecule has 1 saturated heterocycles. The van der Waals surface area contributed by atoms with E-state index >= 15 is 0 Å². The van der Waals surface area contributed by atoms with Crippen LogP contribution in [0.15, 0.2) is 47.1 Å². The maximum Gasteiger partial charge on any atom is 0.156 e. The average molecular weight is 482 g/mol. The third-order valence-electron chi connectivity index (χ3n) is 10.6. The van der Waals surface area contributed by atoms with Crippen LogP contribution in [0, 0.1) is 34.5 Å². The molecule has 0 aromatic heterocycles. The second kappa shape index (κ2) is 8.76. The third kappa shape index (κ3) is 3.40. The number of hydrogen-bond donors (Lipinski definition) is 0.